The van der Waals surface area contributed by atoms with Gasteiger partial charge in [0.2, 0.25) is 0 Å². The van der Waals surface area contributed by atoms with Crippen molar-refractivity contribution in [1.29, 1.82) is 0 Å². The van der Waals surface area contributed by atoms with Gasteiger partial charge in [-0.25, -0.2) is 0 Å². The van der Waals surface area contributed by atoms with Gasteiger partial charge in [0, 0.05) is 11.5 Å². The summed E-state index contributed by atoms with van der Waals surface area (Å²) in [4.78, 5) is 11.8. The van der Waals surface area contributed by atoms with Gasteiger partial charge in [0.15, 0.2) is 16.6 Å². The summed E-state index contributed by atoms with van der Waals surface area (Å²) in [5.74, 6) is 0. The molecule has 29 heavy (non-hydrogen) atoms. The van der Waals surface area contributed by atoms with E-state index < -0.39 is 22.0 Å². The minimum Gasteiger partial charge on any atom is -0.414 e. The van der Waals surface area contributed by atoms with Gasteiger partial charge in [-0.15, -0.1) is 0 Å². The Morgan fingerprint density at radius 2 is 1.52 bits per heavy atom. The monoisotopic (exact) mass is 442 g/mol. The van der Waals surface area contributed by atoms with Gasteiger partial charge in [0.05, 0.1) is 6.10 Å². The van der Waals surface area contributed by atoms with Crippen LogP contribution in [0.2, 0.25) is 37.8 Å². The van der Waals surface area contributed by atoms with Crippen LogP contribution in [-0.2, 0) is 13.6 Å². The Balaban J connectivity index is 5.56. The van der Waals surface area contributed by atoms with Crippen molar-refractivity contribution in [3.8, 4) is 0 Å². The fraction of sp³-hybridized carbons (Fsp3) is 0.875. The van der Waals surface area contributed by atoms with Crippen molar-refractivity contribution in [1.82, 2.24) is 0 Å². The van der Waals surface area contributed by atoms with E-state index in [2.05, 4.69) is 73.4 Å². The van der Waals surface area contributed by atoms with E-state index in [1.54, 1.807) is 0 Å². The third-order valence-corrected chi connectivity index (χ3v) is 11.4. The molecule has 0 amide bonds. The predicted molar refractivity (Wildman–Crippen MR) is 133 cm³/mol. The van der Waals surface area contributed by atoms with E-state index in [1.807, 2.05) is 13.8 Å². The van der Waals surface area contributed by atoms with Gasteiger partial charge < -0.3 is 13.6 Å². The highest BCUT2D eigenvalue weighted by atomic mass is 28.4. The molecular weight excluding hydrogens is 392 g/mol. The lowest BCUT2D eigenvalue weighted by atomic mass is 9.84. The summed E-state index contributed by atoms with van der Waals surface area (Å²) in [5.41, 5.74) is 0.627. The van der Waals surface area contributed by atoms with E-state index in [1.165, 1.54) is 19.3 Å². The first-order chi connectivity index (χ1) is 13.0. The van der Waals surface area contributed by atoms with Crippen molar-refractivity contribution < 1.29 is 13.6 Å². The number of rotatable bonds is 13. The molecule has 3 nitrogen and oxygen atoms in total. The van der Waals surface area contributed by atoms with Gasteiger partial charge in [-0.3, -0.25) is 0 Å². The lowest BCUT2D eigenvalue weighted by Gasteiger charge is -2.39. The molecule has 0 aromatic carbocycles. The topological polar surface area (TPSA) is 35.5 Å². The average Bonchev–Trinajstić information content (AvgIpc) is 2.55. The van der Waals surface area contributed by atoms with Crippen LogP contribution >= 0.6 is 0 Å². The standard InChI is InChI=1S/C24H50O3Si2/c1-13-14-15-16-21(26-29(11,12)23(3,4)5)18-17-20(2)22(24(6,7)19-25)27-28(8,9)10/h17,19,21-22H,13-16,18H2,1-12H3/b20-17+/t21-,22-/m1/s1. The molecule has 5 heteroatoms. The molecule has 0 aromatic rings. The van der Waals surface area contributed by atoms with Crippen LogP contribution in [0.1, 0.15) is 80.6 Å². The number of carbonyl (C=O) groups excluding carboxylic acids is 1. The molecule has 0 unspecified atom stereocenters. The van der Waals surface area contributed by atoms with Gasteiger partial charge in [-0.2, -0.15) is 0 Å². The quantitative estimate of drug-likeness (QED) is 0.127. The molecule has 0 fully saturated rings. The minimum absolute atomic E-state index is 0.171. The highest BCUT2D eigenvalue weighted by molar-refractivity contribution is 6.74. The molecule has 2 atom stereocenters. The fourth-order valence-corrected chi connectivity index (χ4v) is 5.71. The van der Waals surface area contributed by atoms with Gasteiger partial charge >= 0.3 is 0 Å². The first-order valence-corrected chi connectivity index (χ1v) is 17.8. The Morgan fingerprint density at radius 1 is 0.966 bits per heavy atom. The van der Waals surface area contributed by atoms with E-state index in [9.17, 15) is 4.79 Å². The Morgan fingerprint density at radius 3 is 1.93 bits per heavy atom. The second-order valence-electron chi connectivity index (χ2n) is 11.7. The molecule has 0 saturated heterocycles. The lowest BCUT2D eigenvalue weighted by molar-refractivity contribution is -0.118. The largest absolute Gasteiger partial charge is 0.414 e. The molecule has 0 aliphatic heterocycles. The minimum atomic E-state index is -1.82. The number of hydrogen-bond donors (Lipinski definition) is 0. The summed E-state index contributed by atoms with van der Waals surface area (Å²) >= 11 is 0. The maximum absolute atomic E-state index is 11.8. The summed E-state index contributed by atoms with van der Waals surface area (Å²) in [6, 6.07) is 0. The highest BCUT2D eigenvalue weighted by Crippen LogP contribution is 2.38. The maximum Gasteiger partial charge on any atom is 0.192 e. The van der Waals surface area contributed by atoms with Gasteiger partial charge in [0.1, 0.15) is 6.29 Å². The van der Waals surface area contributed by atoms with E-state index >= 15 is 0 Å². The van der Waals surface area contributed by atoms with Crippen LogP contribution < -0.4 is 0 Å². The third-order valence-electron chi connectivity index (χ3n) is 5.96. The summed E-state index contributed by atoms with van der Waals surface area (Å²) in [5, 5.41) is 0.206. The van der Waals surface area contributed by atoms with Crippen molar-refractivity contribution in [3.05, 3.63) is 11.6 Å². The van der Waals surface area contributed by atoms with Crippen molar-refractivity contribution in [3.63, 3.8) is 0 Å². The van der Waals surface area contributed by atoms with Gasteiger partial charge in [-0.1, -0.05) is 66.9 Å². The zero-order valence-electron chi connectivity index (χ0n) is 21.6. The summed E-state index contributed by atoms with van der Waals surface area (Å²) in [7, 11) is -3.60. The number of unbranched alkanes of at least 4 members (excludes halogenated alkanes) is 2. The zero-order valence-corrected chi connectivity index (χ0v) is 23.6. The van der Waals surface area contributed by atoms with Gasteiger partial charge in [0.25, 0.3) is 0 Å². The third kappa shape index (κ3) is 10.6. The van der Waals surface area contributed by atoms with Crippen molar-refractivity contribution in [2.24, 2.45) is 5.41 Å². The average molecular weight is 443 g/mol. The smallest absolute Gasteiger partial charge is 0.192 e. The normalized spacial score (nSPS) is 16.6. The number of carbonyl (C=O) groups is 1. The molecule has 0 aliphatic rings. The van der Waals surface area contributed by atoms with Crippen LogP contribution in [0.15, 0.2) is 11.6 Å². The van der Waals surface area contributed by atoms with Crippen molar-refractivity contribution >= 4 is 22.9 Å². The molecule has 0 bridgehead atoms. The summed E-state index contributed by atoms with van der Waals surface area (Å²) in [6.45, 7) is 26.4. The van der Waals surface area contributed by atoms with Crippen LogP contribution in [0.25, 0.3) is 0 Å². The van der Waals surface area contributed by atoms with Crippen molar-refractivity contribution in [2.45, 2.75) is 131 Å². The Kier molecular flexibility index (Phi) is 11.3. The Hall–Kier alpha value is -0.236. The summed E-state index contributed by atoms with van der Waals surface area (Å²) in [6.07, 6.45) is 9.06. The van der Waals surface area contributed by atoms with E-state index in [-0.39, 0.29) is 17.2 Å². The van der Waals surface area contributed by atoms with Gasteiger partial charge in [-0.05, 0) is 63.1 Å². The van der Waals surface area contributed by atoms with E-state index in [0.29, 0.717) is 0 Å². The van der Waals surface area contributed by atoms with E-state index in [0.717, 1.165) is 24.7 Å². The molecule has 0 spiro atoms. The Labute approximate surface area is 184 Å². The number of hydrogen-bond acceptors (Lipinski definition) is 3. The molecular formula is C24H50O3Si2. The van der Waals surface area contributed by atoms with Crippen LogP contribution in [-0.4, -0.2) is 35.1 Å². The fourth-order valence-electron chi connectivity index (χ4n) is 3.11. The molecule has 0 saturated carbocycles. The second-order valence-corrected chi connectivity index (χ2v) is 20.9. The Bertz CT molecular complexity index is 525. The van der Waals surface area contributed by atoms with Crippen LogP contribution in [0.4, 0.5) is 0 Å². The first kappa shape index (κ1) is 28.8. The van der Waals surface area contributed by atoms with Crippen molar-refractivity contribution in [2.75, 3.05) is 0 Å². The highest BCUT2D eigenvalue weighted by Gasteiger charge is 2.39. The molecule has 0 rings (SSSR count). The SMILES string of the molecule is CCCCC[C@H](C/C=C(\C)[C@@H](O[Si](C)(C)C)C(C)(C)C=O)O[Si](C)(C)C(C)(C)C. The molecule has 0 heterocycles. The molecule has 0 aliphatic carbocycles. The van der Waals surface area contributed by atoms with Crippen LogP contribution in [0, 0.1) is 5.41 Å². The second kappa shape index (κ2) is 11.4. The van der Waals surface area contributed by atoms with Crippen LogP contribution in [0.3, 0.4) is 0 Å². The zero-order chi connectivity index (χ0) is 23.1. The summed E-state index contributed by atoms with van der Waals surface area (Å²) < 4.78 is 13.2. The predicted octanol–water partition coefficient (Wildman–Crippen LogP) is 7.74. The lowest BCUT2D eigenvalue weighted by Crippen LogP contribution is -2.44. The van der Waals surface area contributed by atoms with Crippen LogP contribution in [0.5, 0.6) is 0 Å². The molecule has 0 radical (unpaired) electrons. The maximum atomic E-state index is 11.8. The number of aldehydes is 1. The van der Waals surface area contributed by atoms with E-state index in [4.69, 9.17) is 8.85 Å². The molecule has 0 aromatic heterocycles. The molecule has 172 valence electrons. The molecule has 0 N–H and O–H groups in total. The first-order valence-electron chi connectivity index (χ1n) is 11.5.